The van der Waals surface area contributed by atoms with Gasteiger partial charge in [0.05, 0.1) is 0 Å². The number of aromatic nitrogens is 1. The van der Waals surface area contributed by atoms with Gasteiger partial charge in [-0.25, -0.2) is 0 Å². The van der Waals surface area contributed by atoms with Gasteiger partial charge in [0, 0.05) is 29.2 Å². The summed E-state index contributed by atoms with van der Waals surface area (Å²) in [6.07, 6.45) is 1.81. The van der Waals surface area contributed by atoms with Gasteiger partial charge in [-0.3, -0.25) is 0 Å². The molecule has 18 heavy (non-hydrogen) atoms. The largest absolute Gasteiger partial charge is 0.396 e. The van der Waals surface area contributed by atoms with Crippen LogP contribution in [0.15, 0.2) is 24.3 Å². The summed E-state index contributed by atoms with van der Waals surface area (Å²) in [7, 11) is 4.20. The molecular formula is C15H22N2O. The zero-order valence-corrected chi connectivity index (χ0v) is 11.4. The van der Waals surface area contributed by atoms with E-state index in [4.69, 9.17) is 5.11 Å². The molecule has 1 aromatic heterocycles. The predicted molar refractivity (Wildman–Crippen MR) is 75.8 cm³/mol. The zero-order valence-electron chi connectivity index (χ0n) is 11.4. The number of para-hydroxylation sites is 1. The monoisotopic (exact) mass is 246 g/mol. The van der Waals surface area contributed by atoms with Gasteiger partial charge in [0.25, 0.3) is 0 Å². The first kappa shape index (κ1) is 13.1. The van der Waals surface area contributed by atoms with Gasteiger partial charge in [0.1, 0.15) is 0 Å². The molecule has 1 atom stereocenters. The van der Waals surface area contributed by atoms with Crippen molar-refractivity contribution in [3.8, 4) is 0 Å². The fourth-order valence-electron chi connectivity index (χ4n) is 2.67. The van der Waals surface area contributed by atoms with Crippen LogP contribution in [0, 0.1) is 6.92 Å². The molecule has 98 valence electrons. The average Bonchev–Trinajstić information content (AvgIpc) is 2.66. The molecule has 0 bridgehead atoms. The Labute approximate surface area is 108 Å². The lowest BCUT2D eigenvalue weighted by molar-refractivity contribution is 0.236. The molecule has 0 amide bonds. The number of H-pyrrole nitrogens is 1. The fourth-order valence-corrected chi connectivity index (χ4v) is 2.67. The van der Waals surface area contributed by atoms with Crippen molar-refractivity contribution in [3.05, 3.63) is 35.5 Å². The Hall–Kier alpha value is -1.32. The lowest BCUT2D eigenvalue weighted by Gasteiger charge is -2.25. The van der Waals surface area contributed by atoms with Crippen LogP contribution >= 0.6 is 0 Å². The van der Waals surface area contributed by atoms with Crippen molar-refractivity contribution in [2.75, 3.05) is 20.7 Å². The molecule has 0 saturated heterocycles. The van der Waals surface area contributed by atoms with Crippen LogP contribution in [0.1, 0.15) is 30.1 Å². The number of nitrogens with one attached hydrogen (secondary N) is 1. The number of hydrogen-bond donors (Lipinski definition) is 2. The lowest BCUT2D eigenvalue weighted by Crippen LogP contribution is -2.20. The van der Waals surface area contributed by atoms with Gasteiger partial charge >= 0.3 is 0 Å². The SMILES string of the molecule is Cc1[nH]c2ccccc2c1C(CCCO)N(C)C. The molecule has 0 radical (unpaired) electrons. The third-order valence-electron chi connectivity index (χ3n) is 3.54. The molecule has 2 rings (SSSR count). The van der Waals surface area contributed by atoms with E-state index in [2.05, 4.69) is 55.2 Å². The molecule has 3 nitrogen and oxygen atoms in total. The van der Waals surface area contributed by atoms with Gasteiger partial charge in [-0.05, 0) is 45.5 Å². The first-order valence-electron chi connectivity index (χ1n) is 6.49. The minimum atomic E-state index is 0.256. The zero-order chi connectivity index (χ0) is 13.1. The summed E-state index contributed by atoms with van der Waals surface area (Å²) in [5.41, 5.74) is 3.79. The van der Waals surface area contributed by atoms with E-state index in [0.717, 1.165) is 12.8 Å². The fraction of sp³-hybridized carbons (Fsp3) is 0.467. The third kappa shape index (κ3) is 2.42. The second-order valence-electron chi connectivity index (χ2n) is 5.05. The highest BCUT2D eigenvalue weighted by Gasteiger charge is 2.20. The second-order valence-corrected chi connectivity index (χ2v) is 5.05. The molecule has 1 heterocycles. The molecule has 0 aliphatic rings. The van der Waals surface area contributed by atoms with Crippen molar-refractivity contribution < 1.29 is 5.11 Å². The summed E-state index contributed by atoms with van der Waals surface area (Å²) < 4.78 is 0. The van der Waals surface area contributed by atoms with Crippen molar-refractivity contribution in [1.82, 2.24) is 9.88 Å². The molecule has 0 spiro atoms. The summed E-state index contributed by atoms with van der Waals surface area (Å²) in [5.74, 6) is 0. The van der Waals surface area contributed by atoms with E-state index in [1.54, 1.807) is 0 Å². The van der Waals surface area contributed by atoms with Crippen LogP contribution in [-0.4, -0.2) is 35.7 Å². The van der Waals surface area contributed by atoms with Gasteiger partial charge in [-0.1, -0.05) is 18.2 Å². The van der Waals surface area contributed by atoms with E-state index in [1.807, 2.05) is 0 Å². The van der Waals surface area contributed by atoms with E-state index < -0.39 is 0 Å². The minimum absolute atomic E-state index is 0.256. The number of aromatic amines is 1. The lowest BCUT2D eigenvalue weighted by atomic mass is 9.98. The van der Waals surface area contributed by atoms with Crippen LogP contribution in [0.5, 0.6) is 0 Å². The van der Waals surface area contributed by atoms with Gasteiger partial charge in [0.15, 0.2) is 0 Å². The van der Waals surface area contributed by atoms with Gasteiger partial charge in [-0.15, -0.1) is 0 Å². The number of hydrogen-bond acceptors (Lipinski definition) is 2. The molecule has 1 unspecified atom stereocenters. The predicted octanol–water partition coefficient (Wildman–Crippen LogP) is 2.85. The van der Waals surface area contributed by atoms with E-state index in [-0.39, 0.29) is 6.61 Å². The Morgan fingerprint density at radius 3 is 2.67 bits per heavy atom. The average molecular weight is 246 g/mol. The first-order chi connectivity index (χ1) is 8.65. The highest BCUT2D eigenvalue weighted by atomic mass is 16.2. The summed E-state index contributed by atoms with van der Waals surface area (Å²) in [5, 5.41) is 10.3. The maximum Gasteiger partial charge on any atom is 0.0459 e. The van der Waals surface area contributed by atoms with E-state index in [1.165, 1.54) is 22.2 Å². The number of rotatable bonds is 5. The third-order valence-corrected chi connectivity index (χ3v) is 3.54. The van der Waals surface area contributed by atoms with Crippen molar-refractivity contribution in [3.63, 3.8) is 0 Å². The van der Waals surface area contributed by atoms with Crippen molar-refractivity contribution in [2.45, 2.75) is 25.8 Å². The molecular weight excluding hydrogens is 224 g/mol. The number of nitrogens with zero attached hydrogens (tertiary/aromatic N) is 1. The molecule has 0 saturated carbocycles. The van der Waals surface area contributed by atoms with Crippen LogP contribution in [0.3, 0.4) is 0 Å². The number of aryl methyl sites for hydroxylation is 1. The van der Waals surface area contributed by atoms with Gasteiger partial charge < -0.3 is 15.0 Å². The molecule has 3 heteroatoms. The number of fused-ring (bicyclic) bond motifs is 1. The number of benzene rings is 1. The van der Waals surface area contributed by atoms with E-state index in [0.29, 0.717) is 6.04 Å². The summed E-state index contributed by atoms with van der Waals surface area (Å²) in [6, 6.07) is 8.78. The van der Waals surface area contributed by atoms with Crippen molar-refractivity contribution >= 4 is 10.9 Å². The van der Waals surface area contributed by atoms with E-state index in [9.17, 15) is 0 Å². The summed E-state index contributed by atoms with van der Waals surface area (Å²) >= 11 is 0. The first-order valence-corrected chi connectivity index (χ1v) is 6.49. The van der Waals surface area contributed by atoms with Crippen LogP contribution in [-0.2, 0) is 0 Å². The highest BCUT2D eigenvalue weighted by Crippen LogP contribution is 2.32. The maximum absolute atomic E-state index is 9.05. The smallest absolute Gasteiger partial charge is 0.0459 e. The highest BCUT2D eigenvalue weighted by molar-refractivity contribution is 5.85. The summed E-state index contributed by atoms with van der Waals surface area (Å²) in [6.45, 7) is 2.39. The van der Waals surface area contributed by atoms with Gasteiger partial charge in [0.2, 0.25) is 0 Å². The van der Waals surface area contributed by atoms with Crippen molar-refractivity contribution in [2.24, 2.45) is 0 Å². The molecule has 2 aromatic rings. The van der Waals surface area contributed by atoms with E-state index >= 15 is 0 Å². The quantitative estimate of drug-likeness (QED) is 0.851. The van der Waals surface area contributed by atoms with Crippen LogP contribution in [0.25, 0.3) is 10.9 Å². The summed E-state index contributed by atoms with van der Waals surface area (Å²) in [4.78, 5) is 5.68. The maximum atomic E-state index is 9.05. The van der Waals surface area contributed by atoms with Crippen LogP contribution in [0.4, 0.5) is 0 Å². The Morgan fingerprint density at radius 2 is 2.00 bits per heavy atom. The topological polar surface area (TPSA) is 39.3 Å². The minimum Gasteiger partial charge on any atom is -0.396 e. The molecule has 0 aliphatic heterocycles. The molecule has 2 N–H and O–H groups in total. The Morgan fingerprint density at radius 1 is 1.28 bits per heavy atom. The Balaban J connectivity index is 2.46. The normalized spacial score (nSPS) is 13.4. The van der Waals surface area contributed by atoms with Crippen LogP contribution in [0.2, 0.25) is 0 Å². The second kappa shape index (κ2) is 5.55. The van der Waals surface area contributed by atoms with Crippen LogP contribution < -0.4 is 0 Å². The Kier molecular flexibility index (Phi) is 4.04. The standard InChI is InChI=1S/C15H22N2O/c1-11-15(14(17(2)3)9-6-10-18)12-7-4-5-8-13(12)16-11/h4-5,7-8,14,16,18H,6,9-10H2,1-3H3. The number of aliphatic hydroxyl groups is 1. The van der Waals surface area contributed by atoms with Crippen molar-refractivity contribution in [1.29, 1.82) is 0 Å². The molecule has 0 fully saturated rings. The molecule has 1 aromatic carbocycles. The number of aliphatic hydroxyl groups excluding tert-OH is 1. The van der Waals surface area contributed by atoms with Gasteiger partial charge in [-0.2, -0.15) is 0 Å². The Bertz CT molecular complexity index is 516. The molecule has 0 aliphatic carbocycles.